The first-order valence-electron chi connectivity index (χ1n) is 4.69. The summed E-state index contributed by atoms with van der Waals surface area (Å²) >= 11 is 0. The maximum Gasteiger partial charge on any atom is 0.214 e. The minimum absolute atomic E-state index is 0.0573. The van der Waals surface area contributed by atoms with Crippen LogP contribution in [0.3, 0.4) is 0 Å². The van der Waals surface area contributed by atoms with Crippen LogP contribution in [0.5, 0.6) is 0 Å². The predicted molar refractivity (Wildman–Crippen MR) is 47.3 cm³/mol. The van der Waals surface area contributed by atoms with Crippen molar-refractivity contribution >= 4 is 10.0 Å². The van der Waals surface area contributed by atoms with Crippen molar-refractivity contribution in [3.05, 3.63) is 0 Å². The van der Waals surface area contributed by atoms with E-state index < -0.39 is 10.0 Å². The SMILES string of the molecule is O=S(=O)(NC1CCCC1)C1CC1. The van der Waals surface area contributed by atoms with Gasteiger partial charge in [0.2, 0.25) is 10.0 Å². The van der Waals surface area contributed by atoms with Crippen LogP contribution in [0.15, 0.2) is 0 Å². The lowest BCUT2D eigenvalue weighted by molar-refractivity contribution is 0.551. The summed E-state index contributed by atoms with van der Waals surface area (Å²) in [5.74, 6) is 0. The van der Waals surface area contributed by atoms with E-state index in [4.69, 9.17) is 0 Å². The Morgan fingerprint density at radius 3 is 2.08 bits per heavy atom. The predicted octanol–water partition coefficient (Wildman–Crippen LogP) is 1.01. The average molecular weight is 189 g/mol. The molecule has 4 heteroatoms. The van der Waals surface area contributed by atoms with Gasteiger partial charge in [-0.3, -0.25) is 0 Å². The van der Waals surface area contributed by atoms with Gasteiger partial charge in [-0.1, -0.05) is 12.8 Å². The molecule has 0 bridgehead atoms. The Morgan fingerprint density at radius 2 is 1.58 bits per heavy atom. The highest BCUT2D eigenvalue weighted by Gasteiger charge is 2.37. The van der Waals surface area contributed by atoms with Gasteiger partial charge in [0.15, 0.2) is 0 Å². The third-order valence-electron chi connectivity index (χ3n) is 2.65. The number of hydrogen-bond donors (Lipinski definition) is 1. The van der Waals surface area contributed by atoms with Crippen LogP contribution in [0.1, 0.15) is 38.5 Å². The van der Waals surface area contributed by atoms with Crippen molar-refractivity contribution in [3.63, 3.8) is 0 Å². The Hall–Kier alpha value is -0.0900. The first-order valence-corrected chi connectivity index (χ1v) is 6.24. The molecule has 0 aromatic rings. The van der Waals surface area contributed by atoms with Gasteiger partial charge < -0.3 is 0 Å². The molecule has 0 aromatic carbocycles. The van der Waals surface area contributed by atoms with E-state index >= 15 is 0 Å². The average Bonchev–Trinajstić information content (AvgIpc) is 2.74. The summed E-state index contributed by atoms with van der Waals surface area (Å²) in [6, 6.07) is 0.246. The summed E-state index contributed by atoms with van der Waals surface area (Å²) in [6.45, 7) is 0. The van der Waals surface area contributed by atoms with Gasteiger partial charge in [0.1, 0.15) is 0 Å². The second kappa shape index (κ2) is 3.00. The maximum atomic E-state index is 11.4. The number of sulfonamides is 1. The second-order valence-electron chi connectivity index (χ2n) is 3.84. The third-order valence-corrected chi connectivity index (χ3v) is 4.66. The van der Waals surface area contributed by atoms with Crippen LogP contribution in [0.2, 0.25) is 0 Å². The van der Waals surface area contributed by atoms with Crippen molar-refractivity contribution < 1.29 is 8.42 Å². The molecule has 2 rings (SSSR count). The fourth-order valence-electron chi connectivity index (χ4n) is 1.75. The number of hydrogen-bond acceptors (Lipinski definition) is 2. The van der Waals surface area contributed by atoms with Crippen molar-refractivity contribution in [1.29, 1.82) is 0 Å². The molecule has 0 unspecified atom stereocenters. The zero-order chi connectivity index (χ0) is 8.60. The summed E-state index contributed by atoms with van der Waals surface area (Å²) in [5.41, 5.74) is 0. The highest BCUT2D eigenvalue weighted by molar-refractivity contribution is 7.90. The molecule has 12 heavy (non-hydrogen) atoms. The van der Waals surface area contributed by atoms with Crippen molar-refractivity contribution in [3.8, 4) is 0 Å². The molecule has 0 saturated heterocycles. The summed E-state index contributed by atoms with van der Waals surface area (Å²) < 4.78 is 25.7. The molecule has 2 aliphatic carbocycles. The molecule has 0 amide bonds. The van der Waals surface area contributed by atoms with Gasteiger partial charge >= 0.3 is 0 Å². The molecule has 0 aliphatic heterocycles. The molecular weight excluding hydrogens is 174 g/mol. The van der Waals surface area contributed by atoms with E-state index in [1.165, 1.54) is 12.8 Å². The van der Waals surface area contributed by atoms with Gasteiger partial charge in [-0.15, -0.1) is 0 Å². The molecular formula is C8H15NO2S. The van der Waals surface area contributed by atoms with E-state index in [2.05, 4.69) is 4.72 Å². The van der Waals surface area contributed by atoms with Crippen LogP contribution < -0.4 is 4.72 Å². The van der Waals surface area contributed by atoms with Gasteiger partial charge in [-0.05, 0) is 25.7 Å². The topological polar surface area (TPSA) is 46.2 Å². The van der Waals surface area contributed by atoms with Crippen LogP contribution in [-0.2, 0) is 10.0 Å². The fraction of sp³-hybridized carbons (Fsp3) is 1.00. The molecule has 0 spiro atoms. The first-order chi connectivity index (χ1) is 5.68. The zero-order valence-electron chi connectivity index (χ0n) is 7.12. The molecule has 0 atom stereocenters. The highest BCUT2D eigenvalue weighted by Crippen LogP contribution is 2.29. The van der Waals surface area contributed by atoms with Gasteiger partial charge in [-0.2, -0.15) is 0 Å². The van der Waals surface area contributed by atoms with Gasteiger partial charge in [0.05, 0.1) is 5.25 Å². The van der Waals surface area contributed by atoms with Gasteiger partial charge in [0, 0.05) is 6.04 Å². The molecule has 1 N–H and O–H groups in total. The van der Waals surface area contributed by atoms with Gasteiger partial charge in [0.25, 0.3) is 0 Å². The monoisotopic (exact) mass is 189 g/mol. The largest absolute Gasteiger partial charge is 0.214 e. The van der Waals surface area contributed by atoms with E-state index in [1.54, 1.807) is 0 Å². The summed E-state index contributed by atoms with van der Waals surface area (Å²) in [4.78, 5) is 0. The molecule has 70 valence electrons. The van der Waals surface area contributed by atoms with Gasteiger partial charge in [-0.25, -0.2) is 13.1 Å². The van der Waals surface area contributed by atoms with E-state index in [0.29, 0.717) is 0 Å². The fourth-order valence-corrected chi connectivity index (χ4v) is 3.40. The zero-order valence-corrected chi connectivity index (χ0v) is 7.94. The second-order valence-corrected chi connectivity index (χ2v) is 5.84. The molecule has 2 aliphatic rings. The van der Waals surface area contributed by atoms with Crippen LogP contribution in [-0.4, -0.2) is 19.7 Å². The molecule has 0 radical (unpaired) electrons. The van der Waals surface area contributed by atoms with Crippen LogP contribution in [0.25, 0.3) is 0 Å². The normalized spacial score (nSPS) is 26.3. The van der Waals surface area contributed by atoms with Crippen LogP contribution >= 0.6 is 0 Å². The number of rotatable bonds is 3. The molecule has 2 saturated carbocycles. The lowest BCUT2D eigenvalue weighted by Crippen LogP contribution is -2.35. The Bertz CT molecular complexity index is 250. The molecule has 2 fully saturated rings. The smallest absolute Gasteiger partial charge is 0.212 e. The van der Waals surface area contributed by atoms with Crippen LogP contribution in [0.4, 0.5) is 0 Å². The molecule has 3 nitrogen and oxygen atoms in total. The van der Waals surface area contributed by atoms with E-state index in [-0.39, 0.29) is 11.3 Å². The van der Waals surface area contributed by atoms with Crippen molar-refractivity contribution in [2.45, 2.75) is 49.8 Å². The maximum absolute atomic E-state index is 11.4. The highest BCUT2D eigenvalue weighted by atomic mass is 32.2. The Kier molecular flexibility index (Phi) is 2.12. The quantitative estimate of drug-likeness (QED) is 0.720. The van der Waals surface area contributed by atoms with Crippen LogP contribution in [0, 0.1) is 0 Å². The van der Waals surface area contributed by atoms with Crippen molar-refractivity contribution in [1.82, 2.24) is 4.72 Å². The van der Waals surface area contributed by atoms with Crippen molar-refractivity contribution in [2.24, 2.45) is 0 Å². The standard InChI is InChI=1S/C8H15NO2S/c10-12(11,8-5-6-8)9-7-3-1-2-4-7/h7-9H,1-6H2. The Labute approximate surface area is 73.6 Å². The summed E-state index contributed by atoms with van der Waals surface area (Å²) in [5, 5.41) is -0.0573. The molecule has 0 heterocycles. The Morgan fingerprint density at radius 1 is 1.00 bits per heavy atom. The van der Waals surface area contributed by atoms with Crippen molar-refractivity contribution in [2.75, 3.05) is 0 Å². The number of nitrogens with one attached hydrogen (secondary N) is 1. The summed E-state index contributed by atoms with van der Waals surface area (Å²) in [7, 11) is -2.92. The minimum atomic E-state index is -2.92. The first kappa shape index (κ1) is 8.51. The summed E-state index contributed by atoms with van der Waals surface area (Å²) in [6.07, 6.45) is 6.15. The third kappa shape index (κ3) is 1.80. The lowest BCUT2D eigenvalue weighted by Gasteiger charge is -2.11. The van der Waals surface area contributed by atoms with E-state index in [9.17, 15) is 8.42 Å². The lowest BCUT2D eigenvalue weighted by atomic mass is 10.3. The van der Waals surface area contributed by atoms with E-state index in [0.717, 1.165) is 25.7 Å². The Balaban J connectivity index is 1.92. The molecule has 0 aromatic heterocycles. The van der Waals surface area contributed by atoms with E-state index in [1.807, 2.05) is 0 Å². The minimum Gasteiger partial charge on any atom is -0.212 e.